The van der Waals surface area contributed by atoms with Crippen LogP contribution in [0, 0.1) is 0 Å². The molecule has 0 atom stereocenters. The zero-order chi connectivity index (χ0) is 14.2. The Labute approximate surface area is 124 Å². The Kier molecular flexibility index (Phi) is 5.56. The number of carbonyl (C=O) groups is 1. The van der Waals surface area contributed by atoms with E-state index in [0.29, 0.717) is 19.5 Å². The average molecular weight is 285 g/mol. The number of hydrogen-bond donors (Lipinski definition) is 0. The molecular formula is C17H19NOS. The second kappa shape index (κ2) is 7.65. The summed E-state index contributed by atoms with van der Waals surface area (Å²) in [6, 6.07) is 14.2. The van der Waals surface area contributed by atoms with Crippen LogP contribution < -0.4 is 0 Å². The van der Waals surface area contributed by atoms with Gasteiger partial charge in [0, 0.05) is 17.8 Å². The van der Waals surface area contributed by atoms with Crippen LogP contribution in [0.2, 0.25) is 0 Å². The number of hydrogen-bond acceptors (Lipinski definition) is 2. The lowest BCUT2D eigenvalue weighted by Crippen LogP contribution is -2.30. The van der Waals surface area contributed by atoms with Crippen molar-refractivity contribution < 1.29 is 4.79 Å². The molecule has 0 fully saturated rings. The molecule has 3 heteroatoms. The van der Waals surface area contributed by atoms with Gasteiger partial charge in [-0.05, 0) is 23.4 Å². The zero-order valence-electron chi connectivity index (χ0n) is 11.5. The van der Waals surface area contributed by atoms with Crippen LogP contribution in [-0.2, 0) is 17.8 Å². The van der Waals surface area contributed by atoms with Gasteiger partial charge in [0.25, 0.3) is 0 Å². The molecule has 1 aromatic carbocycles. The average Bonchev–Trinajstić information content (AvgIpc) is 2.98. The monoisotopic (exact) mass is 285 g/mol. The number of rotatable bonds is 7. The first kappa shape index (κ1) is 14.5. The van der Waals surface area contributed by atoms with Crippen molar-refractivity contribution in [3.8, 4) is 0 Å². The second-order valence-electron chi connectivity index (χ2n) is 4.63. The number of carbonyl (C=O) groups excluding carboxylic acids is 1. The minimum absolute atomic E-state index is 0.183. The van der Waals surface area contributed by atoms with Crippen LogP contribution in [0.25, 0.3) is 0 Å². The largest absolute Gasteiger partial charge is 0.334 e. The van der Waals surface area contributed by atoms with E-state index in [9.17, 15) is 4.79 Å². The molecule has 0 radical (unpaired) electrons. The lowest BCUT2D eigenvalue weighted by molar-refractivity contribution is -0.131. The fourth-order valence-electron chi connectivity index (χ4n) is 2.06. The van der Waals surface area contributed by atoms with Crippen LogP contribution >= 0.6 is 11.3 Å². The van der Waals surface area contributed by atoms with Crippen LogP contribution in [0.5, 0.6) is 0 Å². The fraction of sp³-hybridized carbons (Fsp3) is 0.235. The molecule has 0 aliphatic carbocycles. The van der Waals surface area contributed by atoms with E-state index in [1.165, 1.54) is 10.4 Å². The molecule has 1 amide bonds. The molecule has 104 valence electrons. The van der Waals surface area contributed by atoms with Crippen LogP contribution in [0.4, 0.5) is 0 Å². The van der Waals surface area contributed by atoms with Gasteiger partial charge >= 0.3 is 0 Å². The predicted octanol–water partition coefficient (Wildman–Crippen LogP) is 3.90. The van der Waals surface area contributed by atoms with Gasteiger partial charge in [0.05, 0.1) is 6.54 Å². The van der Waals surface area contributed by atoms with E-state index < -0.39 is 0 Å². The van der Waals surface area contributed by atoms with Gasteiger partial charge in [-0.1, -0.05) is 42.5 Å². The second-order valence-corrected chi connectivity index (χ2v) is 5.66. The molecule has 0 unspecified atom stereocenters. The minimum Gasteiger partial charge on any atom is -0.334 e. The first-order valence-corrected chi connectivity index (χ1v) is 7.62. The number of nitrogens with zero attached hydrogens (tertiary/aromatic N) is 1. The number of thiophene rings is 1. The summed E-state index contributed by atoms with van der Waals surface area (Å²) >= 11 is 1.68. The highest BCUT2D eigenvalue weighted by molar-refractivity contribution is 7.09. The van der Waals surface area contributed by atoms with Crippen LogP contribution in [0.15, 0.2) is 60.5 Å². The molecule has 2 rings (SSSR count). The van der Waals surface area contributed by atoms with Gasteiger partial charge in [0.15, 0.2) is 0 Å². The van der Waals surface area contributed by atoms with E-state index in [2.05, 4.69) is 24.8 Å². The van der Waals surface area contributed by atoms with Crippen molar-refractivity contribution in [2.24, 2.45) is 0 Å². The van der Waals surface area contributed by atoms with E-state index in [1.807, 2.05) is 34.5 Å². The first-order valence-electron chi connectivity index (χ1n) is 6.74. The zero-order valence-corrected chi connectivity index (χ0v) is 12.3. The van der Waals surface area contributed by atoms with Crippen molar-refractivity contribution in [1.82, 2.24) is 4.90 Å². The molecule has 0 aliphatic heterocycles. The molecule has 20 heavy (non-hydrogen) atoms. The molecule has 0 saturated heterocycles. The summed E-state index contributed by atoms with van der Waals surface area (Å²) in [7, 11) is 0. The van der Waals surface area contributed by atoms with E-state index in [-0.39, 0.29) is 5.91 Å². The van der Waals surface area contributed by atoms with Crippen molar-refractivity contribution in [2.45, 2.75) is 19.4 Å². The van der Waals surface area contributed by atoms with Crippen LogP contribution in [0.1, 0.15) is 16.9 Å². The lowest BCUT2D eigenvalue weighted by Gasteiger charge is -2.20. The Balaban J connectivity index is 1.91. The Bertz CT molecular complexity index is 533. The molecule has 0 N–H and O–H groups in total. The maximum Gasteiger partial charge on any atom is 0.223 e. The molecule has 1 heterocycles. The summed E-state index contributed by atoms with van der Waals surface area (Å²) in [5, 5.41) is 2.04. The Hall–Kier alpha value is -1.87. The molecule has 0 spiro atoms. The third-order valence-corrected chi connectivity index (χ3v) is 3.96. The van der Waals surface area contributed by atoms with Crippen molar-refractivity contribution in [3.63, 3.8) is 0 Å². The third-order valence-electron chi connectivity index (χ3n) is 3.10. The maximum absolute atomic E-state index is 12.3. The SMILES string of the molecule is C=CCN(Cc1cccs1)C(=O)CCc1ccccc1. The highest BCUT2D eigenvalue weighted by Gasteiger charge is 2.13. The molecule has 1 aromatic heterocycles. The Morgan fingerprint density at radius 3 is 2.65 bits per heavy atom. The van der Waals surface area contributed by atoms with Crippen molar-refractivity contribution >= 4 is 17.2 Å². The molecule has 2 aromatic rings. The van der Waals surface area contributed by atoms with Gasteiger partial charge < -0.3 is 4.90 Å². The summed E-state index contributed by atoms with van der Waals surface area (Å²) in [5.74, 6) is 0.183. The van der Waals surface area contributed by atoms with Crippen LogP contribution in [0.3, 0.4) is 0 Å². The summed E-state index contributed by atoms with van der Waals surface area (Å²) in [5.41, 5.74) is 1.20. The molecule has 0 aliphatic rings. The maximum atomic E-state index is 12.3. The van der Waals surface area contributed by atoms with Gasteiger partial charge in [-0.3, -0.25) is 4.79 Å². The minimum atomic E-state index is 0.183. The van der Waals surface area contributed by atoms with Gasteiger partial charge in [0.2, 0.25) is 5.91 Å². The van der Waals surface area contributed by atoms with Gasteiger partial charge in [-0.2, -0.15) is 0 Å². The first-order chi connectivity index (χ1) is 9.79. The number of benzene rings is 1. The van der Waals surface area contributed by atoms with Gasteiger partial charge in [0.1, 0.15) is 0 Å². The number of aryl methyl sites for hydroxylation is 1. The van der Waals surface area contributed by atoms with Gasteiger partial charge in [-0.25, -0.2) is 0 Å². The Morgan fingerprint density at radius 2 is 2.00 bits per heavy atom. The predicted molar refractivity (Wildman–Crippen MR) is 84.7 cm³/mol. The highest BCUT2D eigenvalue weighted by Crippen LogP contribution is 2.13. The van der Waals surface area contributed by atoms with E-state index in [0.717, 1.165) is 6.42 Å². The van der Waals surface area contributed by atoms with Crippen molar-refractivity contribution in [2.75, 3.05) is 6.54 Å². The summed E-state index contributed by atoms with van der Waals surface area (Å²) in [6.07, 6.45) is 3.12. The summed E-state index contributed by atoms with van der Waals surface area (Å²) in [6.45, 7) is 5.02. The smallest absolute Gasteiger partial charge is 0.223 e. The number of amides is 1. The normalized spacial score (nSPS) is 10.2. The Morgan fingerprint density at radius 1 is 1.20 bits per heavy atom. The van der Waals surface area contributed by atoms with Crippen molar-refractivity contribution in [1.29, 1.82) is 0 Å². The third kappa shape index (κ3) is 4.35. The van der Waals surface area contributed by atoms with E-state index in [1.54, 1.807) is 17.4 Å². The van der Waals surface area contributed by atoms with Gasteiger partial charge in [-0.15, -0.1) is 17.9 Å². The molecule has 2 nitrogen and oxygen atoms in total. The molecular weight excluding hydrogens is 266 g/mol. The lowest BCUT2D eigenvalue weighted by atomic mass is 10.1. The highest BCUT2D eigenvalue weighted by atomic mass is 32.1. The van der Waals surface area contributed by atoms with Crippen molar-refractivity contribution in [3.05, 3.63) is 70.9 Å². The summed E-state index contributed by atoms with van der Waals surface area (Å²) in [4.78, 5) is 15.4. The fourth-order valence-corrected chi connectivity index (χ4v) is 2.77. The standard InChI is InChI=1S/C17H19NOS/c1-2-12-18(14-16-9-6-13-20-16)17(19)11-10-15-7-4-3-5-8-15/h2-9,13H,1,10-12,14H2. The molecule has 0 saturated carbocycles. The molecule has 0 bridgehead atoms. The van der Waals surface area contributed by atoms with Crippen LogP contribution in [-0.4, -0.2) is 17.4 Å². The van der Waals surface area contributed by atoms with E-state index >= 15 is 0 Å². The quantitative estimate of drug-likeness (QED) is 0.707. The van der Waals surface area contributed by atoms with E-state index in [4.69, 9.17) is 0 Å². The summed E-state index contributed by atoms with van der Waals surface area (Å²) < 4.78 is 0. The topological polar surface area (TPSA) is 20.3 Å².